The number of benzene rings is 1. The lowest BCUT2D eigenvalue weighted by Crippen LogP contribution is -2.41. The minimum Gasteiger partial charge on any atom is -0.333 e. The Balaban J connectivity index is 1.81. The van der Waals surface area contributed by atoms with Crippen molar-refractivity contribution in [2.24, 2.45) is 0 Å². The molecule has 0 saturated carbocycles. The van der Waals surface area contributed by atoms with Gasteiger partial charge in [-0.1, -0.05) is 23.7 Å². The monoisotopic (exact) mass is 360 g/mol. The predicted molar refractivity (Wildman–Crippen MR) is 81.4 cm³/mol. The number of amides is 1. The van der Waals surface area contributed by atoms with Gasteiger partial charge in [0.15, 0.2) is 10.7 Å². The molecule has 3 nitrogen and oxygen atoms in total. The van der Waals surface area contributed by atoms with Crippen LogP contribution in [-0.2, 0) is 16.4 Å². The summed E-state index contributed by atoms with van der Waals surface area (Å²) in [5.74, 6) is -5.16. The molecule has 23 heavy (non-hydrogen) atoms. The van der Waals surface area contributed by atoms with E-state index in [1.54, 1.807) is 18.2 Å². The van der Waals surface area contributed by atoms with Gasteiger partial charge in [-0.15, -0.1) is 11.3 Å². The highest BCUT2D eigenvalue weighted by Crippen LogP contribution is 2.40. The van der Waals surface area contributed by atoms with Gasteiger partial charge in [0.2, 0.25) is 0 Å². The fraction of sp³-hybridized carbons (Fsp3) is 0.333. The van der Waals surface area contributed by atoms with E-state index >= 15 is 4.39 Å². The van der Waals surface area contributed by atoms with Crippen LogP contribution in [-0.4, -0.2) is 28.9 Å². The molecule has 0 bridgehead atoms. The van der Waals surface area contributed by atoms with Crippen LogP contribution in [0.3, 0.4) is 0 Å². The van der Waals surface area contributed by atoms with E-state index in [0.717, 1.165) is 4.90 Å². The number of thiazole rings is 1. The lowest BCUT2D eigenvalue weighted by atomic mass is 9.95. The van der Waals surface area contributed by atoms with Gasteiger partial charge < -0.3 is 4.90 Å². The van der Waals surface area contributed by atoms with Crippen molar-refractivity contribution in [2.45, 2.75) is 18.0 Å². The molecule has 1 aromatic heterocycles. The van der Waals surface area contributed by atoms with Crippen molar-refractivity contribution in [2.75, 3.05) is 13.1 Å². The Morgan fingerprint density at radius 3 is 2.87 bits per heavy atom. The molecule has 2 aromatic rings. The smallest absolute Gasteiger partial charge is 0.333 e. The average Bonchev–Trinajstić information content (AvgIpc) is 3.17. The van der Waals surface area contributed by atoms with E-state index < -0.39 is 29.1 Å². The second-order valence-electron chi connectivity index (χ2n) is 5.36. The third-order valence-corrected chi connectivity index (χ3v) is 4.90. The highest BCUT2D eigenvalue weighted by Gasteiger charge is 2.51. The molecular weight excluding hydrogens is 349 g/mol. The Bertz CT molecular complexity index is 725. The van der Waals surface area contributed by atoms with Crippen molar-refractivity contribution in [3.05, 3.63) is 51.4 Å². The van der Waals surface area contributed by atoms with Crippen molar-refractivity contribution in [1.29, 1.82) is 0 Å². The van der Waals surface area contributed by atoms with Gasteiger partial charge in [-0.3, -0.25) is 4.79 Å². The molecule has 8 heteroatoms. The van der Waals surface area contributed by atoms with Crippen molar-refractivity contribution in [1.82, 2.24) is 9.88 Å². The Morgan fingerprint density at radius 2 is 2.22 bits per heavy atom. The lowest BCUT2D eigenvalue weighted by Gasteiger charge is -2.24. The molecule has 1 amide bonds. The summed E-state index contributed by atoms with van der Waals surface area (Å²) in [6.07, 6.45) is 1.16. The van der Waals surface area contributed by atoms with E-state index in [1.807, 2.05) is 0 Å². The van der Waals surface area contributed by atoms with Crippen LogP contribution in [0.15, 0.2) is 35.8 Å². The van der Waals surface area contributed by atoms with Crippen molar-refractivity contribution in [3.63, 3.8) is 0 Å². The molecule has 1 aliphatic heterocycles. The highest BCUT2D eigenvalue weighted by molar-refractivity contribution is 7.09. The predicted octanol–water partition coefficient (Wildman–Crippen LogP) is 3.99. The van der Waals surface area contributed by atoms with E-state index in [0.29, 0.717) is 16.4 Å². The van der Waals surface area contributed by atoms with Gasteiger partial charge in [0.25, 0.3) is 0 Å². The molecule has 3 rings (SSSR count). The number of hydrogen-bond acceptors (Lipinski definition) is 3. The summed E-state index contributed by atoms with van der Waals surface area (Å²) in [6, 6.07) is 6.18. The lowest BCUT2D eigenvalue weighted by molar-refractivity contribution is -0.158. The van der Waals surface area contributed by atoms with Gasteiger partial charge in [0.1, 0.15) is 0 Å². The molecule has 1 aromatic carbocycles. The van der Waals surface area contributed by atoms with Crippen LogP contribution in [0.25, 0.3) is 0 Å². The second-order valence-corrected chi connectivity index (χ2v) is 6.70. The summed E-state index contributed by atoms with van der Waals surface area (Å²) in [5, 5.41) is 1.14. The van der Waals surface area contributed by atoms with Crippen LogP contribution in [0.4, 0.5) is 13.2 Å². The Labute approximate surface area is 139 Å². The number of rotatable bonds is 3. The molecule has 0 spiro atoms. The van der Waals surface area contributed by atoms with Crippen LogP contribution in [0, 0.1) is 0 Å². The summed E-state index contributed by atoms with van der Waals surface area (Å²) in [4.78, 5) is 16.4. The summed E-state index contributed by atoms with van der Waals surface area (Å²) in [7, 11) is 0. The van der Waals surface area contributed by atoms with E-state index in [-0.39, 0.29) is 18.5 Å². The highest BCUT2D eigenvalue weighted by atomic mass is 35.5. The van der Waals surface area contributed by atoms with Crippen molar-refractivity contribution in [3.8, 4) is 0 Å². The molecule has 1 atom stereocenters. The zero-order valence-corrected chi connectivity index (χ0v) is 13.4. The number of hydrogen-bond donors (Lipinski definition) is 0. The van der Waals surface area contributed by atoms with E-state index in [9.17, 15) is 13.6 Å². The normalized spacial score (nSPS) is 21.7. The summed E-state index contributed by atoms with van der Waals surface area (Å²) < 4.78 is 43.4. The maximum atomic E-state index is 15.1. The molecule has 1 fully saturated rings. The molecule has 1 aliphatic rings. The zero-order valence-electron chi connectivity index (χ0n) is 11.8. The molecule has 1 unspecified atom stereocenters. The Morgan fingerprint density at radius 1 is 1.43 bits per heavy atom. The number of carbonyl (C=O) groups excluding carboxylic acids is 1. The first-order chi connectivity index (χ1) is 10.8. The van der Waals surface area contributed by atoms with Gasteiger partial charge in [-0.2, -0.15) is 8.78 Å². The standard InChI is InChI=1S/C15H12ClF3N2OS/c16-11-3-1-2-10(8-11)14(17)4-6-21(9-14)13(22)15(18,19)12-20-5-7-23-12/h1-3,5,7-8H,4,6,9H2. The molecule has 0 aliphatic carbocycles. The van der Waals surface area contributed by atoms with E-state index in [2.05, 4.69) is 4.98 Å². The van der Waals surface area contributed by atoms with Crippen molar-refractivity contribution < 1.29 is 18.0 Å². The maximum Gasteiger partial charge on any atom is 0.375 e. The Hall–Kier alpha value is -1.60. The molecular formula is C15H12ClF3N2OS. The second kappa shape index (κ2) is 5.79. The number of aromatic nitrogens is 1. The van der Waals surface area contributed by atoms with Gasteiger partial charge >= 0.3 is 11.8 Å². The Kier molecular flexibility index (Phi) is 4.10. The van der Waals surface area contributed by atoms with Crippen LogP contribution in [0.1, 0.15) is 17.0 Å². The number of halogens is 4. The minimum atomic E-state index is -3.74. The third kappa shape index (κ3) is 2.95. The topological polar surface area (TPSA) is 33.2 Å². The fourth-order valence-corrected chi connectivity index (χ4v) is 3.42. The summed E-state index contributed by atoms with van der Waals surface area (Å²) >= 11 is 6.55. The number of nitrogens with zero attached hydrogens (tertiary/aromatic N) is 2. The maximum absolute atomic E-state index is 15.1. The van der Waals surface area contributed by atoms with Crippen LogP contribution < -0.4 is 0 Å². The first kappa shape index (κ1) is 16.3. The molecule has 122 valence electrons. The SMILES string of the molecule is O=C(N1CCC(F)(c2cccc(Cl)c2)C1)C(F)(F)c1nccs1. The summed E-state index contributed by atoms with van der Waals surface area (Å²) in [5.41, 5.74) is -1.59. The molecule has 1 saturated heterocycles. The average molecular weight is 361 g/mol. The fourth-order valence-electron chi connectivity index (χ4n) is 2.62. The van der Waals surface area contributed by atoms with Crippen LogP contribution in [0.5, 0.6) is 0 Å². The number of likely N-dealkylation sites (tertiary alicyclic amines) is 1. The zero-order chi connectivity index (χ0) is 16.7. The number of alkyl halides is 3. The van der Waals surface area contributed by atoms with Gasteiger partial charge in [0, 0.05) is 29.6 Å². The van der Waals surface area contributed by atoms with Crippen molar-refractivity contribution >= 4 is 28.8 Å². The first-order valence-electron chi connectivity index (χ1n) is 6.85. The largest absolute Gasteiger partial charge is 0.375 e. The first-order valence-corrected chi connectivity index (χ1v) is 8.11. The van der Waals surface area contributed by atoms with Gasteiger partial charge in [-0.05, 0) is 17.7 Å². The third-order valence-electron chi connectivity index (χ3n) is 3.82. The molecule has 0 radical (unpaired) electrons. The van der Waals surface area contributed by atoms with Crippen LogP contribution in [0.2, 0.25) is 5.02 Å². The quantitative estimate of drug-likeness (QED) is 0.829. The molecule has 0 N–H and O–H groups in total. The van der Waals surface area contributed by atoms with E-state index in [1.165, 1.54) is 17.6 Å². The molecule has 2 heterocycles. The van der Waals surface area contributed by atoms with Gasteiger partial charge in [0.05, 0.1) is 6.54 Å². The minimum absolute atomic E-state index is 0.0486. The van der Waals surface area contributed by atoms with Gasteiger partial charge in [-0.25, -0.2) is 9.37 Å². The van der Waals surface area contributed by atoms with E-state index in [4.69, 9.17) is 11.6 Å². The number of carbonyl (C=O) groups is 1. The van der Waals surface area contributed by atoms with Crippen LogP contribution >= 0.6 is 22.9 Å². The summed E-state index contributed by atoms with van der Waals surface area (Å²) in [6.45, 7) is -0.504.